The molecule has 0 radical (unpaired) electrons. The van der Waals surface area contributed by atoms with Gasteiger partial charge in [-0.3, -0.25) is 9.59 Å². The van der Waals surface area contributed by atoms with Gasteiger partial charge in [-0.25, -0.2) is 0 Å². The molecule has 3 N–H and O–H groups in total. The predicted octanol–water partition coefficient (Wildman–Crippen LogP) is 4.72. The molecule has 3 unspecified atom stereocenters. The number of aromatic amines is 1. The summed E-state index contributed by atoms with van der Waals surface area (Å²) in [6, 6.07) is 8.18. The van der Waals surface area contributed by atoms with E-state index in [9.17, 15) is 9.59 Å². The van der Waals surface area contributed by atoms with Crippen LogP contribution in [0, 0.1) is 11.8 Å². The van der Waals surface area contributed by atoms with Gasteiger partial charge in [0, 0.05) is 36.1 Å². The van der Waals surface area contributed by atoms with Crippen LogP contribution in [0.3, 0.4) is 0 Å². The van der Waals surface area contributed by atoms with Crippen molar-refractivity contribution >= 4 is 17.4 Å². The number of aromatic nitrogens is 1. The molecule has 2 bridgehead atoms. The lowest BCUT2D eigenvalue weighted by molar-refractivity contribution is 0.0965. The number of Topliss-reactive ketones (excluding diaryl/α,β-unsaturated/α-hetero) is 1. The van der Waals surface area contributed by atoms with Crippen LogP contribution >= 0.6 is 0 Å². The van der Waals surface area contributed by atoms with E-state index in [4.69, 9.17) is 4.74 Å². The van der Waals surface area contributed by atoms with E-state index in [1.165, 1.54) is 25.7 Å². The molecule has 2 aromatic rings. The van der Waals surface area contributed by atoms with Gasteiger partial charge in [-0.15, -0.1) is 0 Å². The summed E-state index contributed by atoms with van der Waals surface area (Å²) in [5, 5.41) is 6.64. The second kappa shape index (κ2) is 9.49. The van der Waals surface area contributed by atoms with E-state index in [1.807, 2.05) is 24.3 Å². The van der Waals surface area contributed by atoms with Crippen LogP contribution in [-0.4, -0.2) is 35.9 Å². The Morgan fingerprint density at radius 1 is 1.16 bits per heavy atom. The maximum absolute atomic E-state index is 12.9. The summed E-state index contributed by atoms with van der Waals surface area (Å²) in [6.07, 6.45) is 11.4. The Bertz CT molecular complexity index is 982. The maximum Gasteiger partial charge on any atom is 0.257 e. The van der Waals surface area contributed by atoms with Crippen molar-refractivity contribution in [3.63, 3.8) is 0 Å². The van der Waals surface area contributed by atoms with E-state index in [2.05, 4.69) is 15.6 Å². The number of aryl methyl sites for hydroxylation is 1. The van der Waals surface area contributed by atoms with Gasteiger partial charge in [0.15, 0.2) is 5.78 Å². The number of ketones is 1. The molecule has 0 spiro atoms. The SMILES string of the molecule is O=C(Nc1cccc(OCCCNC2CC3CCC2C3)c1)c1c[nH]c2c1C(=O)CCCC2. The number of H-pyrrole nitrogens is 1. The molecule has 1 amide bonds. The third kappa shape index (κ3) is 4.60. The summed E-state index contributed by atoms with van der Waals surface area (Å²) in [5.41, 5.74) is 2.55. The van der Waals surface area contributed by atoms with Gasteiger partial charge in [0.1, 0.15) is 5.75 Å². The Morgan fingerprint density at radius 2 is 2.06 bits per heavy atom. The zero-order valence-electron chi connectivity index (χ0n) is 18.6. The first kappa shape index (κ1) is 21.3. The first-order valence-electron chi connectivity index (χ1n) is 12.2. The number of rotatable bonds is 8. The fraction of sp³-hybridized carbons (Fsp3) is 0.538. The predicted molar refractivity (Wildman–Crippen MR) is 124 cm³/mol. The van der Waals surface area contributed by atoms with Gasteiger partial charge >= 0.3 is 0 Å². The van der Waals surface area contributed by atoms with Crippen molar-refractivity contribution in [2.45, 2.75) is 63.8 Å². The number of ether oxygens (including phenoxy) is 1. The lowest BCUT2D eigenvalue weighted by Crippen LogP contribution is -2.35. The average molecular weight is 436 g/mol. The number of carbonyl (C=O) groups is 2. The number of benzene rings is 1. The van der Waals surface area contributed by atoms with Crippen molar-refractivity contribution in [2.75, 3.05) is 18.5 Å². The van der Waals surface area contributed by atoms with Gasteiger partial charge in [0.2, 0.25) is 0 Å². The van der Waals surface area contributed by atoms with Crippen LogP contribution in [0.1, 0.15) is 77.8 Å². The first-order valence-corrected chi connectivity index (χ1v) is 12.2. The Morgan fingerprint density at radius 3 is 2.91 bits per heavy atom. The van der Waals surface area contributed by atoms with E-state index in [1.54, 1.807) is 6.20 Å². The quantitative estimate of drug-likeness (QED) is 0.414. The lowest BCUT2D eigenvalue weighted by atomic mass is 9.95. The summed E-state index contributed by atoms with van der Waals surface area (Å²) in [5.74, 6) is 2.40. The molecule has 3 aliphatic rings. The van der Waals surface area contributed by atoms with Crippen LogP contribution in [0.2, 0.25) is 0 Å². The van der Waals surface area contributed by atoms with Crippen LogP contribution in [0.4, 0.5) is 5.69 Å². The number of hydrogen-bond acceptors (Lipinski definition) is 4. The average Bonchev–Trinajstić information content (AvgIpc) is 3.50. The summed E-state index contributed by atoms with van der Waals surface area (Å²) in [4.78, 5) is 28.5. The molecule has 1 aromatic heterocycles. The smallest absolute Gasteiger partial charge is 0.257 e. The second-order valence-electron chi connectivity index (χ2n) is 9.61. The number of nitrogens with one attached hydrogen (secondary N) is 3. The van der Waals surface area contributed by atoms with Crippen molar-refractivity contribution in [1.82, 2.24) is 10.3 Å². The van der Waals surface area contributed by atoms with Gasteiger partial charge in [0.25, 0.3) is 5.91 Å². The molecular weight excluding hydrogens is 402 g/mol. The van der Waals surface area contributed by atoms with E-state index < -0.39 is 0 Å². The summed E-state index contributed by atoms with van der Waals surface area (Å²) >= 11 is 0. The third-order valence-electron chi connectivity index (χ3n) is 7.39. The Hall–Kier alpha value is -2.60. The largest absolute Gasteiger partial charge is 0.493 e. The van der Waals surface area contributed by atoms with Crippen molar-refractivity contribution in [1.29, 1.82) is 0 Å². The Labute approximate surface area is 189 Å². The van der Waals surface area contributed by atoms with E-state index in [0.717, 1.165) is 55.5 Å². The van der Waals surface area contributed by atoms with E-state index in [0.29, 0.717) is 35.9 Å². The van der Waals surface area contributed by atoms with Crippen molar-refractivity contribution in [3.8, 4) is 5.75 Å². The fourth-order valence-corrected chi connectivity index (χ4v) is 5.78. The molecule has 170 valence electrons. The van der Waals surface area contributed by atoms with Gasteiger partial charge in [-0.2, -0.15) is 0 Å². The molecule has 2 fully saturated rings. The van der Waals surface area contributed by atoms with Crippen molar-refractivity contribution in [2.24, 2.45) is 11.8 Å². The third-order valence-corrected chi connectivity index (χ3v) is 7.39. The van der Waals surface area contributed by atoms with Crippen molar-refractivity contribution < 1.29 is 14.3 Å². The summed E-state index contributed by atoms with van der Waals surface area (Å²) in [6.45, 7) is 1.63. The molecule has 6 nitrogen and oxygen atoms in total. The number of fused-ring (bicyclic) bond motifs is 3. The zero-order valence-corrected chi connectivity index (χ0v) is 18.6. The van der Waals surface area contributed by atoms with Gasteiger partial charge < -0.3 is 20.4 Å². The van der Waals surface area contributed by atoms with E-state index in [-0.39, 0.29) is 11.7 Å². The number of amides is 1. The summed E-state index contributed by atoms with van der Waals surface area (Å²) in [7, 11) is 0. The van der Waals surface area contributed by atoms with Crippen LogP contribution < -0.4 is 15.4 Å². The Balaban J connectivity index is 1.11. The van der Waals surface area contributed by atoms with Crippen LogP contribution in [0.15, 0.2) is 30.5 Å². The van der Waals surface area contributed by atoms with Crippen LogP contribution in [-0.2, 0) is 6.42 Å². The molecule has 3 atom stereocenters. The van der Waals surface area contributed by atoms with Crippen LogP contribution in [0.25, 0.3) is 0 Å². The molecule has 6 heteroatoms. The molecule has 2 saturated carbocycles. The number of hydrogen-bond donors (Lipinski definition) is 3. The van der Waals surface area contributed by atoms with Gasteiger partial charge in [-0.1, -0.05) is 12.5 Å². The monoisotopic (exact) mass is 435 g/mol. The maximum atomic E-state index is 12.9. The van der Waals surface area contributed by atoms with Gasteiger partial charge in [-0.05, 0) is 75.5 Å². The zero-order chi connectivity index (χ0) is 21.9. The number of carbonyl (C=O) groups excluding carboxylic acids is 2. The minimum absolute atomic E-state index is 0.0556. The minimum Gasteiger partial charge on any atom is -0.493 e. The Kier molecular flexibility index (Phi) is 6.30. The molecule has 32 heavy (non-hydrogen) atoms. The molecule has 0 saturated heterocycles. The lowest BCUT2D eigenvalue weighted by Gasteiger charge is -2.22. The highest BCUT2D eigenvalue weighted by atomic mass is 16.5. The molecule has 5 rings (SSSR count). The second-order valence-corrected chi connectivity index (χ2v) is 9.61. The molecule has 1 aromatic carbocycles. The molecular formula is C26H33N3O3. The highest BCUT2D eigenvalue weighted by Gasteiger charge is 2.38. The first-order chi connectivity index (χ1) is 15.7. The fourth-order valence-electron chi connectivity index (χ4n) is 5.78. The molecule has 0 aliphatic heterocycles. The standard InChI is InChI=1S/C26H33N3O3/c30-24-8-2-1-7-22-25(24)21(16-28-22)26(31)29-19-5-3-6-20(15-19)32-12-4-11-27-23-14-17-9-10-18(23)13-17/h3,5-6,15-18,23,27-28H,1-2,4,7-14H2,(H,29,31). The van der Waals surface area contributed by atoms with Crippen LogP contribution in [0.5, 0.6) is 5.75 Å². The molecule has 3 aliphatic carbocycles. The highest BCUT2D eigenvalue weighted by Crippen LogP contribution is 2.44. The normalized spacial score (nSPS) is 24.2. The van der Waals surface area contributed by atoms with E-state index >= 15 is 0 Å². The number of anilines is 1. The topological polar surface area (TPSA) is 83.2 Å². The minimum atomic E-state index is -0.259. The van der Waals surface area contributed by atoms with Gasteiger partial charge in [0.05, 0.1) is 17.7 Å². The summed E-state index contributed by atoms with van der Waals surface area (Å²) < 4.78 is 5.92. The highest BCUT2D eigenvalue weighted by molar-refractivity contribution is 6.13. The molecule has 1 heterocycles. The van der Waals surface area contributed by atoms with Crippen molar-refractivity contribution in [3.05, 3.63) is 47.3 Å².